The van der Waals surface area contributed by atoms with Crippen LogP contribution in [-0.4, -0.2) is 32.2 Å². The minimum atomic E-state index is -0.787. The molecule has 1 aromatic carbocycles. The third kappa shape index (κ3) is 3.33. The van der Waals surface area contributed by atoms with Crippen LogP contribution in [0.5, 0.6) is 23.0 Å². The lowest BCUT2D eigenvalue weighted by atomic mass is 9.75. The number of nitriles is 1. The van der Waals surface area contributed by atoms with Crippen LogP contribution < -0.4 is 24.7 Å². The fourth-order valence-electron chi connectivity index (χ4n) is 4.49. The van der Waals surface area contributed by atoms with E-state index in [1.807, 2.05) is 6.92 Å². The Labute approximate surface area is 185 Å². The van der Waals surface area contributed by atoms with Crippen molar-refractivity contribution < 1.29 is 28.5 Å². The summed E-state index contributed by atoms with van der Waals surface area (Å²) in [5.74, 6) is 1.14. The summed E-state index contributed by atoms with van der Waals surface area (Å²) < 4.78 is 28.5. The number of hydrogen-bond donors (Lipinski definition) is 1. The molecule has 1 aliphatic carbocycles. The number of methoxy groups -OCH3 is 2. The molecule has 0 aromatic heterocycles. The fourth-order valence-corrected chi connectivity index (χ4v) is 4.64. The molecule has 2 heterocycles. The number of alkyl halides is 1. The zero-order valence-electron chi connectivity index (χ0n) is 17.5. The standard InChI is InChI=1S/C22H23ClN2O6/c1-10(23)7-11-16(19(28-3)21-20(18(11)27-2)29-9-30-21)15-12(8-24)22(25)31-14-6-4-5-13(26)17(14)15/h10,15H,4-7,9,25H2,1-3H3/t10-,15+/m0/s1. The van der Waals surface area contributed by atoms with Crippen LogP contribution >= 0.6 is 11.6 Å². The van der Waals surface area contributed by atoms with E-state index in [2.05, 4.69) is 6.07 Å². The highest BCUT2D eigenvalue weighted by Gasteiger charge is 2.43. The lowest BCUT2D eigenvalue weighted by Gasteiger charge is -2.33. The number of carbonyl (C=O) groups excluding carboxylic acids is 1. The van der Waals surface area contributed by atoms with Crippen molar-refractivity contribution in [3.05, 3.63) is 33.9 Å². The second-order valence-corrected chi connectivity index (χ2v) is 8.29. The molecule has 4 rings (SSSR count). The van der Waals surface area contributed by atoms with Crippen LogP contribution in [0.2, 0.25) is 0 Å². The Morgan fingerprint density at radius 3 is 2.52 bits per heavy atom. The number of hydrogen-bond acceptors (Lipinski definition) is 8. The fraction of sp³-hybridized carbons (Fsp3) is 0.455. The van der Waals surface area contributed by atoms with Gasteiger partial charge >= 0.3 is 0 Å². The van der Waals surface area contributed by atoms with E-state index in [1.54, 1.807) is 0 Å². The van der Waals surface area contributed by atoms with Crippen molar-refractivity contribution in [3.63, 3.8) is 0 Å². The van der Waals surface area contributed by atoms with Gasteiger partial charge in [0, 0.05) is 34.9 Å². The third-order valence-corrected chi connectivity index (χ3v) is 5.81. The Hall–Kier alpha value is -3.05. The molecule has 0 spiro atoms. The monoisotopic (exact) mass is 446 g/mol. The van der Waals surface area contributed by atoms with E-state index in [0.717, 1.165) is 0 Å². The SMILES string of the molecule is COc1c(C[C@H](C)Cl)c([C@H]2C(C#N)=C(N)OC3=C2C(=O)CCC3)c(OC)c2c1OCO2. The van der Waals surface area contributed by atoms with E-state index in [0.29, 0.717) is 71.1 Å². The Morgan fingerprint density at radius 2 is 1.90 bits per heavy atom. The Bertz CT molecular complexity index is 1050. The number of ketones is 1. The van der Waals surface area contributed by atoms with Gasteiger partial charge in [-0.25, -0.2) is 0 Å². The third-order valence-electron chi connectivity index (χ3n) is 5.66. The zero-order valence-corrected chi connectivity index (χ0v) is 18.3. The van der Waals surface area contributed by atoms with Gasteiger partial charge in [0.05, 0.1) is 20.1 Å². The molecule has 2 aliphatic heterocycles. The van der Waals surface area contributed by atoms with Crippen LogP contribution in [0.3, 0.4) is 0 Å². The molecule has 0 radical (unpaired) electrons. The van der Waals surface area contributed by atoms with E-state index in [4.69, 9.17) is 41.0 Å². The van der Waals surface area contributed by atoms with E-state index in [9.17, 15) is 10.1 Å². The van der Waals surface area contributed by atoms with Gasteiger partial charge in [0.2, 0.25) is 24.2 Å². The molecule has 1 aromatic rings. The highest BCUT2D eigenvalue weighted by Crippen LogP contribution is 2.57. The molecule has 0 amide bonds. The van der Waals surface area contributed by atoms with Crippen LogP contribution in [0.15, 0.2) is 22.8 Å². The second-order valence-electron chi connectivity index (χ2n) is 7.55. The summed E-state index contributed by atoms with van der Waals surface area (Å²) in [4.78, 5) is 13.0. The maximum absolute atomic E-state index is 13.0. The number of nitrogens with two attached hydrogens (primary N) is 1. The molecule has 31 heavy (non-hydrogen) atoms. The summed E-state index contributed by atoms with van der Waals surface area (Å²) in [6, 6.07) is 2.13. The number of Topliss-reactive ketones (excluding diaryl/α,β-unsaturated/α-hetero) is 1. The van der Waals surface area contributed by atoms with Crippen molar-refractivity contribution in [1.29, 1.82) is 5.26 Å². The Kier molecular flexibility index (Phi) is 5.63. The van der Waals surface area contributed by atoms with Gasteiger partial charge in [-0.1, -0.05) is 0 Å². The van der Waals surface area contributed by atoms with Gasteiger partial charge in [-0.3, -0.25) is 4.79 Å². The molecule has 0 unspecified atom stereocenters. The normalized spacial score (nSPS) is 20.7. The van der Waals surface area contributed by atoms with Gasteiger partial charge in [-0.05, 0) is 19.8 Å². The van der Waals surface area contributed by atoms with Crippen LogP contribution in [0.1, 0.15) is 43.2 Å². The van der Waals surface area contributed by atoms with Crippen molar-refractivity contribution in [2.24, 2.45) is 5.73 Å². The number of allylic oxidation sites excluding steroid dienone is 3. The smallest absolute Gasteiger partial charge is 0.231 e. The Morgan fingerprint density at radius 1 is 1.23 bits per heavy atom. The highest BCUT2D eigenvalue weighted by atomic mass is 35.5. The summed E-state index contributed by atoms with van der Waals surface area (Å²) in [6.07, 6.45) is 1.96. The summed E-state index contributed by atoms with van der Waals surface area (Å²) in [7, 11) is 3.02. The first-order valence-corrected chi connectivity index (χ1v) is 10.4. The van der Waals surface area contributed by atoms with Crippen LogP contribution in [0, 0.1) is 11.3 Å². The van der Waals surface area contributed by atoms with Crippen molar-refractivity contribution in [3.8, 4) is 29.1 Å². The minimum Gasteiger partial charge on any atom is -0.492 e. The van der Waals surface area contributed by atoms with Crippen molar-refractivity contribution in [2.45, 2.75) is 43.9 Å². The molecular weight excluding hydrogens is 424 g/mol. The van der Waals surface area contributed by atoms with E-state index < -0.39 is 5.92 Å². The van der Waals surface area contributed by atoms with E-state index >= 15 is 0 Å². The molecule has 0 saturated carbocycles. The topological polar surface area (TPSA) is 113 Å². The average molecular weight is 447 g/mol. The number of carbonyl (C=O) groups is 1. The van der Waals surface area contributed by atoms with Gasteiger partial charge in [-0.15, -0.1) is 11.6 Å². The number of benzene rings is 1. The van der Waals surface area contributed by atoms with Crippen molar-refractivity contribution in [1.82, 2.24) is 0 Å². The van der Waals surface area contributed by atoms with Gasteiger partial charge < -0.3 is 29.4 Å². The first-order valence-electron chi connectivity index (χ1n) is 9.97. The molecule has 0 bridgehead atoms. The van der Waals surface area contributed by atoms with Crippen LogP contribution in [0.25, 0.3) is 0 Å². The van der Waals surface area contributed by atoms with Crippen molar-refractivity contribution >= 4 is 17.4 Å². The average Bonchev–Trinajstić information content (AvgIpc) is 3.21. The maximum atomic E-state index is 13.0. The predicted molar refractivity (Wildman–Crippen MR) is 111 cm³/mol. The van der Waals surface area contributed by atoms with Crippen LogP contribution in [-0.2, 0) is 16.0 Å². The number of rotatable bonds is 5. The quantitative estimate of drug-likeness (QED) is 0.684. The number of fused-ring (bicyclic) bond motifs is 1. The Balaban J connectivity index is 2.10. The molecule has 9 heteroatoms. The van der Waals surface area contributed by atoms with Crippen LogP contribution in [0.4, 0.5) is 0 Å². The summed E-state index contributed by atoms with van der Waals surface area (Å²) in [6.45, 7) is 1.84. The molecule has 0 fully saturated rings. The van der Waals surface area contributed by atoms with Crippen molar-refractivity contribution in [2.75, 3.05) is 21.0 Å². The lowest BCUT2D eigenvalue weighted by molar-refractivity contribution is -0.116. The second kappa shape index (κ2) is 8.23. The lowest BCUT2D eigenvalue weighted by Crippen LogP contribution is -2.28. The van der Waals surface area contributed by atoms with Gasteiger partial charge in [0.25, 0.3) is 0 Å². The number of nitrogens with zero attached hydrogens (tertiary/aromatic N) is 1. The van der Waals surface area contributed by atoms with Gasteiger partial charge in [0.15, 0.2) is 17.3 Å². The molecule has 2 N–H and O–H groups in total. The first kappa shape index (κ1) is 21.2. The maximum Gasteiger partial charge on any atom is 0.231 e. The molecule has 0 saturated heterocycles. The minimum absolute atomic E-state index is 0.00881. The van der Waals surface area contributed by atoms with Gasteiger partial charge in [0.1, 0.15) is 17.4 Å². The summed E-state index contributed by atoms with van der Waals surface area (Å²) >= 11 is 6.39. The van der Waals surface area contributed by atoms with E-state index in [-0.39, 0.29) is 29.4 Å². The molecule has 3 aliphatic rings. The largest absolute Gasteiger partial charge is 0.492 e. The van der Waals surface area contributed by atoms with E-state index in [1.165, 1.54) is 14.2 Å². The zero-order chi connectivity index (χ0) is 22.3. The highest BCUT2D eigenvalue weighted by molar-refractivity contribution is 6.20. The number of halogens is 1. The first-order chi connectivity index (χ1) is 14.9. The van der Waals surface area contributed by atoms with Gasteiger partial charge in [-0.2, -0.15) is 5.26 Å². The predicted octanol–water partition coefficient (Wildman–Crippen LogP) is 3.42. The summed E-state index contributed by atoms with van der Waals surface area (Å²) in [5.41, 5.74) is 7.91. The summed E-state index contributed by atoms with van der Waals surface area (Å²) in [5, 5.41) is 9.69. The molecule has 8 nitrogen and oxygen atoms in total. The molecule has 2 atom stereocenters. The number of ether oxygens (including phenoxy) is 5. The molecular formula is C22H23ClN2O6. The molecule has 164 valence electrons.